The molecular weight excluding hydrogens is 302 g/mol. The molecule has 4 heteroatoms. The standard InChI is InChI=1S/C15H18BrN3/c1-11-7-14(19(2)18-11)8-15(9-17-10-15)12-3-5-13(16)6-4-12/h3-7,17H,8-10H2,1-2H3. The Morgan fingerprint density at radius 3 is 2.47 bits per heavy atom. The van der Waals surface area contributed by atoms with E-state index in [0.717, 1.165) is 29.7 Å². The maximum Gasteiger partial charge on any atom is 0.0596 e. The average molecular weight is 320 g/mol. The van der Waals surface area contributed by atoms with Crippen LogP contribution in [0, 0.1) is 6.92 Å². The Labute approximate surface area is 122 Å². The molecule has 0 bridgehead atoms. The van der Waals surface area contributed by atoms with Crippen molar-refractivity contribution >= 4 is 15.9 Å². The van der Waals surface area contributed by atoms with E-state index in [2.05, 4.69) is 63.6 Å². The summed E-state index contributed by atoms with van der Waals surface area (Å²) in [5.41, 5.74) is 4.03. The fourth-order valence-corrected chi connectivity index (χ4v) is 3.10. The molecule has 3 nitrogen and oxygen atoms in total. The van der Waals surface area contributed by atoms with Crippen LogP contribution in [0.15, 0.2) is 34.8 Å². The van der Waals surface area contributed by atoms with Crippen LogP contribution in [0.1, 0.15) is 17.0 Å². The monoisotopic (exact) mass is 319 g/mol. The molecule has 1 fully saturated rings. The largest absolute Gasteiger partial charge is 0.315 e. The Morgan fingerprint density at radius 2 is 2.00 bits per heavy atom. The fraction of sp³-hybridized carbons (Fsp3) is 0.400. The molecule has 1 aromatic carbocycles. The van der Waals surface area contributed by atoms with Crippen molar-refractivity contribution in [2.75, 3.05) is 13.1 Å². The number of nitrogens with zero attached hydrogens (tertiary/aromatic N) is 2. The first-order valence-corrected chi connectivity index (χ1v) is 7.35. The quantitative estimate of drug-likeness (QED) is 0.942. The van der Waals surface area contributed by atoms with E-state index in [-0.39, 0.29) is 5.41 Å². The molecular formula is C15H18BrN3. The smallest absolute Gasteiger partial charge is 0.0596 e. The first-order chi connectivity index (χ1) is 9.09. The van der Waals surface area contributed by atoms with Crippen LogP contribution >= 0.6 is 15.9 Å². The average Bonchev–Trinajstić information content (AvgIpc) is 2.64. The summed E-state index contributed by atoms with van der Waals surface area (Å²) in [5.74, 6) is 0. The van der Waals surface area contributed by atoms with E-state index in [1.807, 2.05) is 11.7 Å². The van der Waals surface area contributed by atoms with Crippen molar-refractivity contribution in [3.63, 3.8) is 0 Å². The lowest BCUT2D eigenvalue weighted by Crippen LogP contribution is -2.58. The van der Waals surface area contributed by atoms with Crippen LogP contribution in [-0.4, -0.2) is 22.9 Å². The second-order valence-electron chi connectivity index (χ2n) is 5.47. The lowest BCUT2D eigenvalue weighted by molar-refractivity contribution is 0.269. The molecule has 19 heavy (non-hydrogen) atoms. The van der Waals surface area contributed by atoms with E-state index in [1.165, 1.54) is 11.3 Å². The maximum atomic E-state index is 4.45. The minimum atomic E-state index is 0.223. The molecule has 0 saturated carbocycles. The minimum absolute atomic E-state index is 0.223. The third-order valence-electron chi connectivity index (χ3n) is 4.00. The van der Waals surface area contributed by atoms with Gasteiger partial charge in [-0.1, -0.05) is 28.1 Å². The summed E-state index contributed by atoms with van der Waals surface area (Å²) in [7, 11) is 2.03. The molecule has 3 rings (SSSR count). The van der Waals surface area contributed by atoms with Gasteiger partial charge < -0.3 is 5.32 Å². The van der Waals surface area contributed by atoms with Gasteiger partial charge in [0.25, 0.3) is 0 Å². The van der Waals surface area contributed by atoms with Crippen LogP contribution < -0.4 is 5.32 Å². The zero-order valence-corrected chi connectivity index (χ0v) is 12.9. The van der Waals surface area contributed by atoms with Crippen LogP contribution in [0.2, 0.25) is 0 Å². The summed E-state index contributed by atoms with van der Waals surface area (Å²) < 4.78 is 3.14. The Kier molecular flexibility index (Phi) is 3.23. The topological polar surface area (TPSA) is 29.9 Å². The van der Waals surface area contributed by atoms with Gasteiger partial charge in [-0.2, -0.15) is 5.10 Å². The van der Waals surface area contributed by atoms with Crippen molar-refractivity contribution in [3.8, 4) is 0 Å². The summed E-state index contributed by atoms with van der Waals surface area (Å²) in [5, 5.41) is 7.87. The molecule has 2 aromatic rings. The first kappa shape index (κ1) is 12.9. The number of halogens is 1. The highest BCUT2D eigenvalue weighted by molar-refractivity contribution is 9.10. The molecule has 2 heterocycles. The molecule has 0 radical (unpaired) electrons. The Morgan fingerprint density at radius 1 is 1.32 bits per heavy atom. The molecule has 100 valence electrons. The minimum Gasteiger partial charge on any atom is -0.315 e. The predicted octanol–water partition coefficient (Wildman–Crippen LogP) is 2.57. The highest BCUT2D eigenvalue weighted by Gasteiger charge is 2.39. The highest BCUT2D eigenvalue weighted by atomic mass is 79.9. The van der Waals surface area contributed by atoms with Crippen molar-refractivity contribution in [1.29, 1.82) is 0 Å². The van der Waals surface area contributed by atoms with Gasteiger partial charge in [0.05, 0.1) is 5.69 Å². The van der Waals surface area contributed by atoms with Gasteiger partial charge in [0, 0.05) is 42.1 Å². The number of rotatable bonds is 3. The maximum absolute atomic E-state index is 4.45. The fourth-order valence-electron chi connectivity index (χ4n) is 2.84. The van der Waals surface area contributed by atoms with Crippen LogP contribution in [0.25, 0.3) is 0 Å². The molecule has 0 aliphatic carbocycles. The molecule has 1 aliphatic rings. The summed E-state index contributed by atoms with van der Waals surface area (Å²) in [6, 6.07) is 10.9. The molecule has 1 aliphatic heterocycles. The third-order valence-corrected chi connectivity index (χ3v) is 4.53. The van der Waals surface area contributed by atoms with Gasteiger partial charge >= 0.3 is 0 Å². The summed E-state index contributed by atoms with van der Waals surface area (Å²) >= 11 is 3.50. The number of nitrogens with one attached hydrogen (secondary N) is 1. The van der Waals surface area contributed by atoms with Crippen LogP contribution in [0.5, 0.6) is 0 Å². The molecule has 0 amide bonds. The molecule has 0 spiro atoms. The van der Waals surface area contributed by atoms with Gasteiger partial charge in [-0.3, -0.25) is 4.68 Å². The van der Waals surface area contributed by atoms with E-state index in [1.54, 1.807) is 0 Å². The van der Waals surface area contributed by atoms with E-state index < -0.39 is 0 Å². The van der Waals surface area contributed by atoms with Crippen molar-refractivity contribution in [2.24, 2.45) is 7.05 Å². The van der Waals surface area contributed by atoms with Crippen LogP contribution in [-0.2, 0) is 18.9 Å². The number of benzene rings is 1. The van der Waals surface area contributed by atoms with E-state index in [0.29, 0.717) is 0 Å². The lowest BCUT2D eigenvalue weighted by atomic mass is 9.72. The van der Waals surface area contributed by atoms with Crippen LogP contribution in [0.4, 0.5) is 0 Å². The van der Waals surface area contributed by atoms with Crippen molar-refractivity contribution in [1.82, 2.24) is 15.1 Å². The molecule has 1 aromatic heterocycles. The molecule has 0 unspecified atom stereocenters. The van der Waals surface area contributed by atoms with Gasteiger partial charge in [0.2, 0.25) is 0 Å². The zero-order chi connectivity index (χ0) is 13.5. The van der Waals surface area contributed by atoms with E-state index in [9.17, 15) is 0 Å². The Bertz CT molecular complexity index is 582. The van der Waals surface area contributed by atoms with Gasteiger partial charge in [-0.25, -0.2) is 0 Å². The zero-order valence-electron chi connectivity index (χ0n) is 11.3. The normalized spacial score (nSPS) is 17.2. The number of aryl methyl sites for hydroxylation is 2. The summed E-state index contributed by atoms with van der Waals surface area (Å²) in [6.07, 6.45) is 1.04. The third kappa shape index (κ3) is 2.35. The van der Waals surface area contributed by atoms with Gasteiger partial charge in [0.1, 0.15) is 0 Å². The number of aromatic nitrogens is 2. The second-order valence-corrected chi connectivity index (χ2v) is 6.38. The SMILES string of the molecule is Cc1cc(CC2(c3ccc(Br)cc3)CNC2)n(C)n1. The van der Waals surface area contributed by atoms with Gasteiger partial charge in [-0.15, -0.1) is 0 Å². The Hall–Kier alpha value is -1.13. The molecule has 1 N–H and O–H groups in total. The van der Waals surface area contributed by atoms with Crippen LogP contribution in [0.3, 0.4) is 0 Å². The number of hydrogen-bond donors (Lipinski definition) is 1. The molecule has 1 saturated heterocycles. The second kappa shape index (κ2) is 4.76. The van der Waals surface area contributed by atoms with Crippen molar-refractivity contribution < 1.29 is 0 Å². The number of hydrogen-bond acceptors (Lipinski definition) is 2. The summed E-state index contributed by atoms with van der Waals surface area (Å²) in [4.78, 5) is 0. The van der Waals surface area contributed by atoms with E-state index in [4.69, 9.17) is 0 Å². The van der Waals surface area contributed by atoms with Gasteiger partial charge in [-0.05, 0) is 30.7 Å². The molecule has 0 atom stereocenters. The summed E-state index contributed by atoms with van der Waals surface area (Å²) in [6.45, 7) is 4.13. The van der Waals surface area contributed by atoms with E-state index >= 15 is 0 Å². The Balaban J connectivity index is 1.91. The predicted molar refractivity (Wildman–Crippen MR) is 80.3 cm³/mol. The van der Waals surface area contributed by atoms with Gasteiger partial charge in [0.15, 0.2) is 0 Å². The van der Waals surface area contributed by atoms with Crippen molar-refractivity contribution in [2.45, 2.75) is 18.8 Å². The first-order valence-electron chi connectivity index (χ1n) is 6.55. The van der Waals surface area contributed by atoms with Crippen molar-refractivity contribution in [3.05, 3.63) is 51.8 Å². The lowest BCUT2D eigenvalue weighted by Gasteiger charge is -2.43. The highest BCUT2D eigenvalue weighted by Crippen LogP contribution is 2.33.